The highest BCUT2D eigenvalue weighted by atomic mass is 35.5. The summed E-state index contributed by atoms with van der Waals surface area (Å²) in [5.74, 6) is 1.09. The number of aryl methyl sites for hydroxylation is 1. The largest absolute Gasteiger partial charge is 0.479 e. The van der Waals surface area contributed by atoms with Gasteiger partial charge in [-0.3, -0.25) is 4.79 Å². The number of carbonyl (C=O) groups excluding carboxylic acids is 1. The van der Waals surface area contributed by atoms with Crippen molar-refractivity contribution in [1.29, 1.82) is 0 Å². The van der Waals surface area contributed by atoms with Crippen LogP contribution >= 0.6 is 11.6 Å². The number of benzene rings is 2. The highest BCUT2D eigenvalue weighted by molar-refractivity contribution is 6.32. The SMILES string of the molecule is Cc1ccc(-c2noc(CN(C)C(=O)[C@H](C)Oc3ccccc3Cl)n2)cc1. The van der Waals surface area contributed by atoms with Crippen molar-refractivity contribution < 1.29 is 14.1 Å². The van der Waals surface area contributed by atoms with Crippen molar-refractivity contribution in [3.63, 3.8) is 0 Å². The van der Waals surface area contributed by atoms with E-state index in [2.05, 4.69) is 10.1 Å². The molecule has 3 aromatic rings. The zero-order chi connectivity index (χ0) is 19.4. The number of hydrogen-bond acceptors (Lipinski definition) is 5. The summed E-state index contributed by atoms with van der Waals surface area (Å²) in [7, 11) is 1.66. The summed E-state index contributed by atoms with van der Waals surface area (Å²) in [5, 5.41) is 4.44. The molecule has 0 aliphatic rings. The molecule has 0 unspecified atom stereocenters. The minimum Gasteiger partial charge on any atom is -0.479 e. The van der Waals surface area contributed by atoms with Gasteiger partial charge in [-0.1, -0.05) is 58.7 Å². The Kier molecular flexibility index (Phi) is 5.76. The van der Waals surface area contributed by atoms with Crippen LogP contribution in [0.25, 0.3) is 11.4 Å². The van der Waals surface area contributed by atoms with Crippen LogP contribution in [0.3, 0.4) is 0 Å². The molecule has 0 fully saturated rings. The molecular weight excluding hydrogens is 366 g/mol. The lowest BCUT2D eigenvalue weighted by atomic mass is 10.1. The van der Waals surface area contributed by atoms with Gasteiger partial charge in [0.05, 0.1) is 11.6 Å². The first-order chi connectivity index (χ1) is 12.9. The fourth-order valence-electron chi connectivity index (χ4n) is 2.51. The maximum absolute atomic E-state index is 12.5. The summed E-state index contributed by atoms with van der Waals surface area (Å²) in [5.41, 5.74) is 2.01. The molecule has 1 aromatic heterocycles. The van der Waals surface area contributed by atoms with Crippen molar-refractivity contribution >= 4 is 17.5 Å². The highest BCUT2D eigenvalue weighted by Crippen LogP contribution is 2.24. The minimum absolute atomic E-state index is 0.188. The molecule has 0 saturated heterocycles. The number of carbonyl (C=O) groups is 1. The fraction of sp³-hybridized carbons (Fsp3) is 0.250. The third-order valence-corrected chi connectivity index (χ3v) is 4.33. The zero-order valence-corrected chi connectivity index (χ0v) is 16.1. The van der Waals surface area contributed by atoms with Gasteiger partial charge in [-0.15, -0.1) is 0 Å². The molecule has 1 atom stereocenters. The van der Waals surface area contributed by atoms with E-state index in [0.717, 1.165) is 11.1 Å². The van der Waals surface area contributed by atoms with Crippen molar-refractivity contribution in [2.45, 2.75) is 26.5 Å². The maximum Gasteiger partial charge on any atom is 0.263 e. The summed E-state index contributed by atoms with van der Waals surface area (Å²) in [4.78, 5) is 18.4. The Balaban J connectivity index is 1.63. The first-order valence-corrected chi connectivity index (χ1v) is 8.87. The van der Waals surface area contributed by atoms with Crippen molar-refractivity contribution in [2.75, 3.05) is 7.05 Å². The van der Waals surface area contributed by atoms with Gasteiger partial charge in [-0.25, -0.2) is 0 Å². The van der Waals surface area contributed by atoms with Gasteiger partial charge in [-0.2, -0.15) is 4.98 Å². The molecule has 1 amide bonds. The number of likely N-dealkylation sites (N-methyl/N-ethyl adjacent to an activating group) is 1. The molecule has 0 bridgehead atoms. The van der Waals surface area contributed by atoms with Crippen LogP contribution in [0.4, 0.5) is 0 Å². The summed E-state index contributed by atoms with van der Waals surface area (Å²) in [6.45, 7) is 3.87. The first kappa shape index (κ1) is 18.9. The van der Waals surface area contributed by atoms with Gasteiger partial charge in [0.1, 0.15) is 5.75 Å². The smallest absolute Gasteiger partial charge is 0.263 e. The van der Waals surface area contributed by atoms with Crippen molar-refractivity contribution in [3.05, 3.63) is 65.0 Å². The summed E-state index contributed by atoms with van der Waals surface area (Å²) in [6.07, 6.45) is -0.700. The lowest BCUT2D eigenvalue weighted by Crippen LogP contribution is -2.37. The third kappa shape index (κ3) is 4.65. The number of hydrogen-bond donors (Lipinski definition) is 0. The number of amides is 1. The van der Waals surface area contributed by atoms with E-state index in [-0.39, 0.29) is 12.5 Å². The second-order valence-electron chi connectivity index (χ2n) is 6.26. The van der Waals surface area contributed by atoms with Crippen LogP contribution in [0.1, 0.15) is 18.4 Å². The average Bonchev–Trinajstić information content (AvgIpc) is 3.12. The molecule has 7 heteroatoms. The molecule has 1 heterocycles. The topological polar surface area (TPSA) is 68.5 Å². The van der Waals surface area contributed by atoms with E-state index in [9.17, 15) is 4.79 Å². The normalized spacial score (nSPS) is 11.9. The highest BCUT2D eigenvalue weighted by Gasteiger charge is 2.22. The van der Waals surface area contributed by atoms with Crippen LogP contribution < -0.4 is 4.74 Å². The van der Waals surface area contributed by atoms with E-state index >= 15 is 0 Å². The van der Waals surface area contributed by atoms with E-state index < -0.39 is 6.10 Å². The number of halogens is 1. The minimum atomic E-state index is -0.700. The molecule has 0 radical (unpaired) electrons. The van der Waals surface area contributed by atoms with Crippen LogP contribution in [-0.4, -0.2) is 34.1 Å². The number of ether oxygens (including phenoxy) is 1. The molecule has 2 aromatic carbocycles. The average molecular weight is 386 g/mol. The molecule has 0 N–H and O–H groups in total. The fourth-order valence-corrected chi connectivity index (χ4v) is 2.69. The summed E-state index contributed by atoms with van der Waals surface area (Å²) in [6, 6.07) is 14.9. The van der Waals surface area contributed by atoms with E-state index in [4.69, 9.17) is 20.9 Å². The molecular formula is C20H20ClN3O3. The Bertz CT molecular complexity index is 924. The standard InChI is InChI=1S/C20H20ClN3O3/c1-13-8-10-15(11-9-13)19-22-18(27-23-19)12-24(3)20(25)14(2)26-17-7-5-4-6-16(17)21/h4-11,14H,12H2,1-3H3/t14-/m0/s1. The zero-order valence-electron chi connectivity index (χ0n) is 15.3. The predicted molar refractivity (Wildman–Crippen MR) is 102 cm³/mol. The van der Waals surface area contributed by atoms with Crippen LogP contribution in [-0.2, 0) is 11.3 Å². The van der Waals surface area contributed by atoms with Crippen molar-refractivity contribution in [2.24, 2.45) is 0 Å². The Morgan fingerprint density at radius 2 is 1.93 bits per heavy atom. The Morgan fingerprint density at radius 1 is 1.22 bits per heavy atom. The van der Waals surface area contributed by atoms with E-state index in [0.29, 0.717) is 22.5 Å². The van der Waals surface area contributed by atoms with Crippen molar-refractivity contribution in [1.82, 2.24) is 15.0 Å². The first-order valence-electron chi connectivity index (χ1n) is 8.50. The number of nitrogens with zero attached hydrogens (tertiary/aromatic N) is 3. The second kappa shape index (κ2) is 8.22. The van der Waals surface area contributed by atoms with E-state index in [1.54, 1.807) is 38.2 Å². The Morgan fingerprint density at radius 3 is 2.63 bits per heavy atom. The van der Waals surface area contributed by atoms with Crippen LogP contribution in [0.15, 0.2) is 53.1 Å². The van der Waals surface area contributed by atoms with Gasteiger partial charge in [-0.05, 0) is 26.0 Å². The molecule has 140 valence electrons. The number of rotatable bonds is 6. The number of aromatic nitrogens is 2. The van der Waals surface area contributed by atoms with E-state index in [1.807, 2.05) is 31.2 Å². The predicted octanol–water partition coefficient (Wildman–Crippen LogP) is 4.12. The summed E-state index contributed by atoms with van der Waals surface area (Å²) >= 11 is 6.07. The molecule has 27 heavy (non-hydrogen) atoms. The molecule has 0 aliphatic heterocycles. The molecule has 0 spiro atoms. The van der Waals surface area contributed by atoms with Gasteiger partial charge < -0.3 is 14.2 Å². The Hall–Kier alpha value is -2.86. The van der Waals surface area contributed by atoms with Gasteiger partial charge >= 0.3 is 0 Å². The van der Waals surface area contributed by atoms with Crippen LogP contribution in [0, 0.1) is 6.92 Å². The Labute approximate surface area is 162 Å². The molecule has 3 rings (SSSR count). The lowest BCUT2D eigenvalue weighted by molar-refractivity contribution is -0.137. The maximum atomic E-state index is 12.5. The van der Waals surface area contributed by atoms with Gasteiger partial charge in [0.15, 0.2) is 6.10 Å². The molecule has 0 aliphatic carbocycles. The lowest BCUT2D eigenvalue weighted by Gasteiger charge is -2.21. The number of para-hydroxylation sites is 1. The van der Waals surface area contributed by atoms with Gasteiger partial charge in [0, 0.05) is 12.6 Å². The van der Waals surface area contributed by atoms with Gasteiger partial charge in [0.2, 0.25) is 11.7 Å². The van der Waals surface area contributed by atoms with Crippen LogP contribution in [0.2, 0.25) is 5.02 Å². The third-order valence-electron chi connectivity index (χ3n) is 4.01. The van der Waals surface area contributed by atoms with E-state index in [1.165, 1.54) is 4.90 Å². The van der Waals surface area contributed by atoms with Crippen LogP contribution in [0.5, 0.6) is 5.75 Å². The molecule has 0 saturated carbocycles. The summed E-state index contributed by atoms with van der Waals surface area (Å²) < 4.78 is 10.9. The quantitative estimate of drug-likeness (QED) is 0.638. The van der Waals surface area contributed by atoms with Crippen molar-refractivity contribution in [3.8, 4) is 17.1 Å². The second-order valence-corrected chi connectivity index (χ2v) is 6.67. The monoisotopic (exact) mass is 385 g/mol. The molecule has 6 nitrogen and oxygen atoms in total. The van der Waals surface area contributed by atoms with Gasteiger partial charge in [0.25, 0.3) is 5.91 Å².